The summed E-state index contributed by atoms with van der Waals surface area (Å²) in [5.74, 6) is 0.477. The molecule has 1 heterocycles. The van der Waals surface area contributed by atoms with E-state index in [-0.39, 0.29) is 12.1 Å². The maximum Gasteiger partial charge on any atom is 0.410 e. The molecule has 0 N–H and O–H groups in total. The highest BCUT2D eigenvalue weighted by atomic mass is 16.6. The number of rotatable bonds is 4. The van der Waals surface area contributed by atoms with Crippen molar-refractivity contribution in [1.82, 2.24) is 4.90 Å². The lowest BCUT2D eigenvalue weighted by atomic mass is 9.99. The number of nitrogens with zero attached hydrogens (tertiary/aromatic N) is 1. The average Bonchev–Trinajstić information content (AvgIpc) is 2.72. The molecule has 3 heteroatoms. The average molecular weight is 233 g/mol. The molecule has 3 nitrogen and oxygen atoms in total. The second-order valence-corrected chi connectivity index (χ2v) is 4.64. The van der Waals surface area contributed by atoms with E-state index in [0.717, 1.165) is 12.0 Å². The molecule has 92 valence electrons. The van der Waals surface area contributed by atoms with Crippen LogP contribution in [0.5, 0.6) is 0 Å². The molecule has 1 saturated heterocycles. The van der Waals surface area contributed by atoms with Gasteiger partial charge in [-0.1, -0.05) is 50.6 Å². The van der Waals surface area contributed by atoms with Crippen molar-refractivity contribution in [3.8, 4) is 0 Å². The lowest BCUT2D eigenvalue weighted by Gasteiger charge is -2.25. The lowest BCUT2D eigenvalue weighted by molar-refractivity contribution is 0.154. The summed E-state index contributed by atoms with van der Waals surface area (Å²) >= 11 is 0. The molecule has 17 heavy (non-hydrogen) atoms. The number of hydrogen-bond acceptors (Lipinski definition) is 2. The van der Waals surface area contributed by atoms with Crippen LogP contribution in [-0.2, 0) is 11.3 Å². The fourth-order valence-corrected chi connectivity index (χ4v) is 2.17. The van der Waals surface area contributed by atoms with Crippen LogP contribution in [0.4, 0.5) is 4.79 Å². The number of carbonyl (C=O) groups excluding carboxylic acids is 1. The first-order valence-corrected chi connectivity index (χ1v) is 6.19. The molecule has 0 radical (unpaired) electrons. The molecule has 1 aliphatic rings. The fraction of sp³-hybridized carbons (Fsp3) is 0.500. The van der Waals surface area contributed by atoms with E-state index in [1.54, 1.807) is 0 Å². The van der Waals surface area contributed by atoms with Crippen molar-refractivity contribution in [1.29, 1.82) is 0 Å². The van der Waals surface area contributed by atoms with Crippen molar-refractivity contribution in [2.75, 3.05) is 6.61 Å². The summed E-state index contributed by atoms with van der Waals surface area (Å²) in [5, 5.41) is 0. The highest BCUT2D eigenvalue weighted by molar-refractivity contribution is 5.70. The van der Waals surface area contributed by atoms with E-state index in [9.17, 15) is 4.79 Å². The van der Waals surface area contributed by atoms with E-state index in [4.69, 9.17) is 4.74 Å². The standard InChI is InChI=1S/C14H19NO2/c1-3-11(2)13-10-17-14(16)15(13)9-12-7-5-4-6-8-12/h4-8,11,13H,3,9-10H2,1-2H3/t11-,13+/m0/s1. The summed E-state index contributed by atoms with van der Waals surface area (Å²) in [7, 11) is 0. The number of ether oxygens (including phenoxy) is 1. The predicted octanol–water partition coefficient (Wildman–Crippen LogP) is 3.05. The molecule has 0 unspecified atom stereocenters. The maximum absolute atomic E-state index is 11.7. The van der Waals surface area contributed by atoms with E-state index >= 15 is 0 Å². The molecule has 0 aromatic heterocycles. The van der Waals surface area contributed by atoms with Gasteiger partial charge in [-0.25, -0.2) is 4.79 Å². The van der Waals surface area contributed by atoms with Gasteiger partial charge >= 0.3 is 6.09 Å². The number of carbonyl (C=O) groups is 1. The van der Waals surface area contributed by atoms with Crippen molar-refractivity contribution >= 4 is 6.09 Å². The van der Waals surface area contributed by atoms with Crippen molar-refractivity contribution in [2.24, 2.45) is 5.92 Å². The Balaban J connectivity index is 2.09. The Labute approximate surface area is 102 Å². The second kappa shape index (κ2) is 5.21. The van der Waals surface area contributed by atoms with Crippen molar-refractivity contribution in [2.45, 2.75) is 32.9 Å². The summed E-state index contributed by atoms with van der Waals surface area (Å²) in [6.45, 7) is 5.49. The van der Waals surface area contributed by atoms with Crippen LogP contribution < -0.4 is 0 Å². The van der Waals surface area contributed by atoms with Gasteiger partial charge in [0.25, 0.3) is 0 Å². The highest BCUT2D eigenvalue weighted by Crippen LogP contribution is 2.23. The van der Waals surface area contributed by atoms with Gasteiger partial charge in [0.15, 0.2) is 0 Å². The molecule has 0 aliphatic carbocycles. The van der Waals surface area contributed by atoms with Crippen LogP contribution in [0.1, 0.15) is 25.8 Å². The van der Waals surface area contributed by atoms with Crippen LogP contribution in [0.2, 0.25) is 0 Å². The molecule has 1 aromatic carbocycles. The van der Waals surface area contributed by atoms with Crippen LogP contribution in [0.15, 0.2) is 30.3 Å². The van der Waals surface area contributed by atoms with E-state index < -0.39 is 0 Å². The molecule has 0 bridgehead atoms. The Bertz CT molecular complexity index is 377. The third-order valence-corrected chi connectivity index (χ3v) is 3.51. The Morgan fingerprint density at radius 1 is 1.41 bits per heavy atom. The molecule has 1 aromatic rings. The number of hydrogen-bond donors (Lipinski definition) is 0. The Kier molecular flexibility index (Phi) is 3.67. The number of cyclic esters (lactones) is 1. The monoisotopic (exact) mass is 233 g/mol. The van der Waals surface area contributed by atoms with Crippen molar-refractivity contribution in [3.05, 3.63) is 35.9 Å². The first-order valence-electron chi connectivity index (χ1n) is 6.19. The van der Waals surface area contributed by atoms with E-state index in [1.165, 1.54) is 0 Å². The SMILES string of the molecule is CC[C@H](C)[C@H]1COC(=O)N1Cc1ccccc1. The van der Waals surface area contributed by atoms with E-state index in [0.29, 0.717) is 19.1 Å². The minimum atomic E-state index is -0.181. The zero-order valence-corrected chi connectivity index (χ0v) is 10.4. The summed E-state index contributed by atoms with van der Waals surface area (Å²) in [6.07, 6.45) is 0.881. The fourth-order valence-electron chi connectivity index (χ4n) is 2.17. The first-order chi connectivity index (χ1) is 8.22. The van der Waals surface area contributed by atoms with Crippen LogP contribution >= 0.6 is 0 Å². The highest BCUT2D eigenvalue weighted by Gasteiger charge is 2.35. The van der Waals surface area contributed by atoms with Gasteiger partial charge in [-0.05, 0) is 11.5 Å². The zero-order chi connectivity index (χ0) is 12.3. The second-order valence-electron chi connectivity index (χ2n) is 4.64. The van der Waals surface area contributed by atoms with Gasteiger partial charge in [0, 0.05) is 6.54 Å². The third-order valence-electron chi connectivity index (χ3n) is 3.51. The van der Waals surface area contributed by atoms with E-state index in [2.05, 4.69) is 13.8 Å². The summed E-state index contributed by atoms with van der Waals surface area (Å²) in [5.41, 5.74) is 1.15. The topological polar surface area (TPSA) is 29.5 Å². The third kappa shape index (κ3) is 2.60. The smallest absolute Gasteiger partial charge is 0.410 e. The molecular weight excluding hydrogens is 214 g/mol. The Morgan fingerprint density at radius 3 is 2.76 bits per heavy atom. The molecular formula is C14H19NO2. The summed E-state index contributed by atoms with van der Waals surface area (Å²) in [4.78, 5) is 13.6. The normalized spacial score (nSPS) is 21.4. The van der Waals surface area contributed by atoms with Crippen LogP contribution in [-0.4, -0.2) is 23.6 Å². The Hall–Kier alpha value is -1.51. The molecule has 1 amide bonds. The van der Waals surface area contributed by atoms with Crippen molar-refractivity contribution in [3.63, 3.8) is 0 Å². The molecule has 2 rings (SSSR count). The maximum atomic E-state index is 11.7. The first kappa shape index (κ1) is 12.0. The summed E-state index contributed by atoms with van der Waals surface area (Å²) in [6, 6.07) is 10.3. The largest absolute Gasteiger partial charge is 0.447 e. The quantitative estimate of drug-likeness (QED) is 0.800. The number of amides is 1. The van der Waals surface area contributed by atoms with Crippen LogP contribution in [0, 0.1) is 5.92 Å². The van der Waals surface area contributed by atoms with Crippen molar-refractivity contribution < 1.29 is 9.53 Å². The van der Waals surface area contributed by atoms with Gasteiger partial charge in [0.05, 0.1) is 6.04 Å². The zero-order valence-electron chi connectivity index (χ0n) is 10.4. The molecule has 1 fully saturated rings. The van der Waals surface area contributed by atoms with Crippen LogP contribution in [0.25, 0.3) is 0 Å². The minimum absolute atomic E-state index is 0.181. The molecule has 2 atom stereocenters. The molecule has 0 spiro atoms. The van der Waals surface area contributed by atoms with Gasteiger partial charge in [0.1, 0.15) is 6.61 Å². The molecule has 0 saturated carbocycles. The predicted molar refractivity (Wildman–Crippen MR) is 66.6 cm³/mol. The van der Waals surface area contributed by atoms with E-state index in [1.807, 2.05) is 35.2 Å². The molecule has 1 aliphatic heterocycles. The van der Waals surface area contributed by atoms with Gasteiger partial charge in [0.2, 0.25) is 0 Å². The summed E-state index contributed by atoms with van der Waals surface area (Å²) < 4.78 is 5.16. The lowest BCUT2D eigenvalue weighted by Crippen LogP contribution is -2.37. The van der Waals surface area contributed by atoms with Crippen LogP contribution in [0.3, 0.4) is 0 Å². The van der Waals surface area contributed by atoms with Gasteiger partial charge in [-0.15, -0.1) is 0 Å². The number of benzene rings is 1. The minimum Gasteiger partial charge on any atom is -0.447 e. The van der Waals surface area contributed by atoms with Gasteiger partial charge in [-0.2, -0.15) is 0 Å². The van der Waals surface area contributed by atoms with Gasteiger partial charge in [-0.3, -0.25) is 4.90 Å². The Morgan fingerprint density at radius 2 is 2.12 bits per heavy atom. The van der Waals surface area contributed by atoms with Gasteiger partial charge < -0.3 is 4.74 Å².